The zero-order valence-electron chi connectivity index (χ0n) is 11.1. The van der Waals surface area contributed by atoms with E-state index in [2.05, 4.69) is 4.98 Å². The number of methoxy groups -OCH3 is 1. The summed E-state index contributed by atoms with van der Waals surface area (Å²) in [6.07, 6.45) is 3.37. The Morgan fingerprint density at radius 2 is 1.95 bits per heavy atom. The van der Waals surface area contributed by atoms with Crippen molar-refractivity contribution in [3.63, 3.8) is 0 Å². The summed E-state index contributed by atoms with van der Waals surface area (Å²) in [5.41, 5.74) is 0.716. The summed E-state index contributed by atoms with van der Waals surface area (Å²) in [6, 6.07) is 6.90. The van der Waals surface area contributed by atoms with Gasteiger partial charge in [-0.3, -0.25) is 14.3 Å². The van der Waals surface area contributed by atoms with Crippen LogP contribution in [0.2, 0.25) is 0 Å². The van der Waals surface area contributed by atoms with Gasteiger partial charge < -0.3 is 9.30 Å². The van der Waals surface area contributed by atoms with Crippen LogP contribution < -0.4 is 16.0 Å². The van der Waals surface area contributed by atoms with Gasteiger partial charge in [-0.2, -0.15) is 0 Å². The minimum absolute atomic E-state index is 0.418. The lowest BCUT2D eigenvalue weighted by molar-refractivity contribution is 0.415. The molecule has 6 heteroatoms. The van der Waals surface area contributed by atoms with Crippen LogP contribution in [0.15, 0.2) is 46.2 Å². The largest absolute Gasteiger partial charge is 0.497 e. The Hall–Kier alpha value is -2.76. The molecule has 0 saturated carbocycles. The van der Waals surface area contributed by atoms with E-state index in [1.54, 1.807) is 13.2 Å². The lowest BCUT2D eigenvalue weighted by Gasteiger charge is -2.10. The molecule has 0 amide bonds. The maximum Gasteiger partial charge on any atom is 0.332 e. The Balaban J connectivity index is 2.40. The van der Waals surface area contributed by atoms with Gasteiger partial charge in [0.1, 0.15) is 5.75 Å². The van der Waals surface area contributed by atoms with Gasteiger partial charge in [0.05, 0.1) is 18.3 Å². The van der Waals surface area contributed by atoms with E-state index < -0.39 is 11.2 Å². The number of aryl methyl sites for hydroxylation is 1. The first-order valence-electron chi connectivity index (χ1n) is 6.05. The third-order valence-corrected chi connectivity index (χ3v) is 3.27. The van der Waals surface area contributed by atoms with Crippen LogP contribution in [0.25, 0.3) is 16.6 Å². The fourth-order valence-corrected chi connectivity index (χ4v) is 2.25. The third-order valence-electron chi connectivity index (χ3n) is 3.27. The monoisotopic (exact) mass is 271 g/mol. The first-order chi connectivity index (χ1) is 9.60. The molecule has 102 valence electrons. The van der Waals surface area contributed by atoms with Gasteiger partial charge in [-0.05, 0) is 6.07 Å². The van der Waals surface area contributed by atoms with Gasteiger partial charge in [-0.25, -0.2) is 4.79 Å². The molecule has 0 saturated heterocycles. The first-order valence-corrected chi connectivity index (χ1v) is 6.05. The van der Waals surface area contributed by atoms with E-state index in [0.29, 0.717) is 11.4 Å². The minimum Gasteiger partial charge on any atom is -0.497 e. The van der Waals surface area contributed by atoms with Crippen molar-refractivity contribution in [3.8, 4) is 11.4 Å². The molecule has 0 unspecified atom stereocenters. The topological polar surface area (TPSA) is 69.0 Å². The van der Waals surface area contributed by atoms with Crippen LogP contribution in [-0.2, 0) is 7.05 Å². The number of fused-ring (bicyclic) bond motifs is 1. The fourth-order valence-electron chi connectivity index (χ4n) is 2.25. The van der Waals surface area contributed by atoms with Crippen LogP contribution in [0.1, 0.15) is 0 Å². The number of hydrogen-bond acceptors (Lipinski definition) is 3. The van der Waals surface area contributed by atoms with E-state index >= 15 is 0 Å². The predicted octanol–water partition coefficient (Wildman–Crippen LogP) is 1.03. The summed E-state index contributed by atoms with van der Waals surface area (Å²) in [5.74, 6) is 0.646. The van der Waals surface area contributed by atoms with E-state index in [4.69, 9.17) is 4.74 Å². The lowest BCUT2D eigenvalue weighted by Crippen LogP contribution is -2.27. The number of H-pyrrole nitrogens is 1. The zero-order chi connectivity index (χ0) is 14.3. The summed E-state index contributed by atoms with van der Waals surface area (Å²) in [5, 5.41) is 0.905. The molecule has 0 aliphatic heterocycles. The number of hydrogen-bond donors (Lipinski definition) is 1. The highest BCUT2D eigenvalue weighted by Crippen LogP contribution is 2.27. The Bertz CT molecular complexity index is 902. The normalized spacial score (nSPS) is 10.9. The molecule has 20 heavy (non-hydrogen) atoms. The number of aromatic nitrogens is 3. The van der Waals surface area contributed by atoms with Crippen molar-refractivity contribution < 1.29 is 4.74 Å². The molecular formula is C14H13N3O3. The Morgan fingerprint density at radius 1 is 1.15 bits per heavy atom. The van der Waals surface area contributed by atoms with Crippen molar-refractivity contribution >= 4 is 10.9 Å². The van der Waals surface area contributed by atoms with Crippen LogP contribution in [0.3, 0.4) is 0 Å². The standard InChI is InChI=1S/C14H13N3O3/c1-16-5-3-10-11(16)7-9(20-2)8-12(10)17-6-4-13(18)15-14(17)19/h3-8H,1-2H3,(H,15,18,19). The second-order valence-electron chi connectivity index (χ2n) is 4.49. The van der Waals surface area contributed by atoms with Gasteiger partial charge >= 0.3 is 5.69 Å². The molecule has 0 atom stereocenters. The molecule has 0 spiro atoms. The van der Waals surface area contributed by atoms with Crippen LogP contribution in [0.5, 0.6) is 5.75 Å². The number of benzene rings is 1. The van der Waals surface area contributed by atoms with E-state index in [0.717, 1.165) is 10.9 Å². The van der Waals surface area contributed by atoms with E-state index in [9.17, 15) is 9.59 Å². The van der Waals surface area contributed by atoms with Crippen molar-refractivity contribution in [2.24, 2.45) is 7.05 Å². The maximum absolute atomic E-state index is 12.0. The van der Waals surface area contributed by atoms with Crippen molar-refractivity contribution in [2.45, 2.75) is 0 Å². The molecule has 2 aromatic heterocycles. The van der Waals surface area contributed by atoms with Gasteiger partial charge in [0, 0.05) is 43.0 Å². The number of aromatic amines is 1. The highest BCUT2D eigenvalue weighted by molar-refractivity contribution is 5.90. The Labute approximate surface area is 113 Å². The summed E-state index contributed by atoms with van der Waals surface area (Å²) in [4.78, 5) is 25.4. The molecule has 0 aliphatic carbocycles. The zero-order valence-corrected chi connectivity index (χ0v) is 11.1. The van der Waals surface area contributed by atoms with Crippen molar-refractivity contribution in [1.29, 1.82) is 0 Å². The molecule has 0 radical (unpaired) electrons. The molecule has 2 heterocycles. The molecule has 1 aromatic carbocycles. The average Bonchev–Trinajstić information content (AvgIpc) is 2.80. The predicted molar refractivity (Wildman–Crippen MR) is 75.7 cm³/mol. The van der Waals surface area contributed by atoms with Crippen LogP contribution in [0.4, 0.5) is 0 Å². The molecule has 3 rings (SSSR count). The second-order valence-corrected chi connectivity index (χ2v) is 4.49. The van der Waals surface area contributed by atoms with Gasteiger partial charge in [0.25, 0.3) is 5.56 Å². The number of nitrogens with zero attached hydrogens (tertiary/aromatic N) is 2. The van der Waals surface area contributed by atoms with Gasteiger partial charge in [-0.15, -0.1) is 0 Å². The summed E-state index contributed by atoms with van der Waals surface area (Å²) < 4.78 is 8.61. The van der Waals surface area contributed by atoms with E-state index in [1.165, 1.54) is 16.8 Å². The summed E-state index contributed by atoms with van der Waals surface area (Å²) >= 11 is 0. The highest BCUT2D eigenvalue weighted by Gasteiger charge is 2.10. The van der Waals surface area contributed by atoms with Crippen LogP contribution in [-0.4, -0.2) is 21.2 Å². The third kappa shape index (κ3) is 1.82. The highest BCUT2D eigenvalue weighted by atomic mass is 16.5. The van der Waals surface area contributed by atoms with Crippen LogP contribution in [0, 0.1) is 0 Å². The quantitative estimate of drug-likeness (QED) is 0.756. The molecule has 0 aliphatic rings. The molecule has 3 aromatic rings. The SMILES string of the molecule is COc1cc(-n2ccc(=O)[nH]c2=O)c2ccn(C)c2c1. The minimum atomic E-state index is -0.476. The van der Waals surface area contributed by atoms with Crippen LogP contribution >= 0.6 is 0 Å². The van der Waals surface area contributed by atoms with Gasteiger partial charge in [0.15, 0.2) is 0 Å². The smallest absolute Gasteiger partial charge is 0.332 e. The summed E-state index contributed by atoms with van der Waals surface area (Å²) in [7, 11) is 3.49. The van der Waals surface area contributed by atoms with Gasteiger partial charge in [0.2, 0.25) is 0 Å². The first kappa shape index (κ1) is 12.3. The molecule has 0 fully saturated rings. The second kappa shape index (κ2) is 4.41. The molecule has 6 nitrogen and oxygen atoms in total. The van der Waals surface area contributed by atoms with Gasteiger partial charge in [-0.1, -0.05) is 0 Å². The van der Waals surface area contributed by atoms with E-state index in [-0.39, 0.29) is 0 Å². The van der Waals surface area contributed by atoms with E-state index in [1.807, 2.05) is 29.9 Å². The lowest BCUT2D eigenvalue weighted by atomic mass is 10.2. The Kier molecular flexibility index (Phi) is 2.71. The number of ether oxygens (including phenoxy) is 1. The van der Waals surface area contributed by atoms with Crippen molar-refractivity contribution in [1.82, 2.24) is 14.1 Å². The van der Waals surface area contributed by atoms with Crippen molar-refractivity contribution in [2.75, 3.05) is 7.11 Å². The number of nitrogens with one attached hydrogen (secondary N) is 1. The maximum atomic E-state index is 12.0. The molecular weight excluding hydrogens is 258 g/mol. The average molecular weight is 271 g/mol. The Morgan fingerprint density at radius 3 is 2.65 bits per heavy atom. The summed E-state index contributed by atoms with van der Waals surface area (Å²) in [6.45, 7) is 0. The van der Waals surface area contributed by atoms with Crippen molar-refractivity contribution in [3.05, 3.63) is 57.5 Å². The number of rotatable bonds is 2. The molecule has 0 bridgehead atoms. The fraction of sp³-hybridized carbons (Fsp3) is 0.143. The molecule has 1 N–H and O–H groups in total.